The minimum Gasteiger partial charge on any atom is -0.484 e. The number of H-pyrrole nitrogens is 1. The normalized spacial score (nSPS) is 7.68. The van der Waals surface area contributed by atoms with Crippen molar-refractivity contribution in [3.8, 4) is 0 Å². The van der Waals surface area contributed by atoms with Crippen LogP contribution in [0.3, 0.4) is 0 Å². The van der Waals surface area contributed by atoms with E-state index in [1.54, 1.807) is 0 Å². The summed E-state index contributed by atoms with van der Waals surface area (Å²) >= 11 is 0. The van der Waals surface area contributed by atoms with E-state index in [9.17, 15) is 0 Å². The first-order valence-corrected chi connectivity index (χ1v) is 6.68. The van der Waals surface area contributed by atoms with Gasteiger partial charge >= 0.3 is 0 Å². The summed E-state index contributed by atoms with van der Waals surface area (Å²) in [5, 5.41) is 0. The molecule has 1 N–H and O–H groups in total. The summed E-state index contributed by atoms with van der Waals surface area (Å²) in [6.07, 6.45) is 14.6. The fourth-order valence-electron chi connectivity index (χ4n) is 0.581. The Morgan fingerprint density at radius 2 is 1.63 bits per heavy atom. The number of hydrogen-bond acceptors (Lipinski definition) is 0. The number of halogens is 2. The van der Waals surface area contributed by atoms with Gasteiger partial charge in [0.05, 0.1) is 0 Å². The minimum absolute atomic E-state index is 0. The van der Waals surface area contributed by atoms with Crippen LogP contribution in [-0.2, 0) is 21.7 Å². The Kier molecular flexibility index (Phi) is 96.5. The Labute approximate surface area is 151 Å². The van der Waals surface area contributed by atoms with Gasteiger partial charge in [-0.2, -0.15) is 24.4 Å². The molecule has 1 aliphatic carbocycles. The first kappa shape index (κ1) is 42.7. The van der Waals surface area contributed by atoms with Crippen LogP contribution in [0.15, 0.2) is 36.6 Å². The molecule has 2 rings (SSSR count). The smallest absolute Gasteiger partial charge is 0.0213 e. The Bertz CT molecular complexity index is 200. The molecule has 0 unspecified atom stereocenters. The zero-order chi connectivity index (χ0) is 9.78. The molecule has 1 heterocycles. The van der Waals surface area contributed by atoms with Crippen molar-refractivity contribution in [1.29, 1.82) is 0 Å². The summed E-state index contributed by atoms with van der Waals surface area (Å²) in [6, 6.07) is 3.71. The van der Waals surface area contributed by atoms with Crippen molar-refractivity contribution in [2.75, 3.05) is 0 Å². The van der Waals surface area contributed by atoms with Crippen LogP contribution in [-0.4, -0.2) is 14.5 Å². The van der Waals surface area contributed by atoms with Gasteiger partial charge in [-0.05, 0) is 0 Å². The minimum atomic E-state index is 0. The van der Waals surface area contributed by atoms with E-state index in [-0.39, 0.29) is 68.8 Å². The first-order chi connectivity index (χ1) is 6.41. The van der Waals surface area contributed by atoms with Crippen LogP contribution in [0.4, 0.5) is 0 Å². The molecule has 1 aromatic rings. The third kappa shape index (κ3) is 45.9. The Morgan fingerprint density at radius 3 is 1.74 bits per heavy atom. The molecule has 5 heteroatoms. The molecule has 0 saturated carbocycles. The van der Waals surface area contributed by atoms with Gasteiger partial charge in [0.2, 0.25) is 0 Å². The molecule has 0 saturated heterocycles. The molecule has 0 aromatic carbocycles. The molecule has 1 aliphatic rings. The van der Waals surface area contributed by atoms with Crippen molar-refractivity contribution in [3.63, 3.8) is 0 Å². The average molecular weight is 356 g/mol. The zero-order valence-electron chi connectivity index (χ0n) is 12.6. The fraction of sp³-hybridized carbons (Fsp3) is 0.214. The molecule has 1 aromatic heterocycles. The second-order valence-corrected chi connectivity index (χ2v) is 3.55. The molecule has 0 aliphatic heterocycles. The second-order valence-electron chi connectivity index (χ2n) is 2.39. The van der Waals surface area contributed by atoms with E-state index in [1.165, 1.54) is 0 Å². The number of aromatic nitrogens is 1. The molecule has 115 valence electrons. The van der Waals surface area contributed by atoms with Gasteiger partial charge in [0.15, 0.2) is 0 Å². The van der Waals surface area contributed by atoms with Crippen molar-refractivity contribution in [2.24, 2.45) is 0 Å². The standard InChI is InChI=1S/C5H5.C4H4N.C2H7Si.3CH3.2ClH.Ti/c2*1-2-4-5-3-1;1-3-2;;;;;;/h1-3H,4H2;1-3,5H;3H,1-2H3;3*1H3;2*1H;/q2*-1;;3*-1;;;. The third-order valence-corrected chi connectivity index (χ3v) is 1.03. The molecule has 1 radical (unpaired) electrons. The SMILES string of the molecule is C[SiH]C.Cl.Cl.[C-]1=CC=CC1.[CH3-].[CH3-].[CH3-].[Ti].[c-]1ccc[nH]1. The van der Waals surface area contributed by atoms with Gasteiger partial charge < -0.3 is 27.3 Å². The van der Waals surface area contributed by atoms with E-state index in [0.29, 0.717) is 0 Å². The maximum Gasteiger partial charge on any atom is 0.0213 e. The van der Waals surface area contributed by atoms with Gasteiger partial charge in [-0.1, -0.05) is 13.1 Å². The molecule has 1 nitrogen and oxygen atoms in total. The van der Waals surface area contributed by atoms with E-state index >= 15 is 0 Å². The molecule has 0 fully saturated rings. The second kappa shape index (κ2) is 42.9. The summed E-state index contributed by atoms with van der Waals surface area (Å²) in [4.78, 5) is 2.74. The van der Waals surface area contributed by atoms with E-state index in [4.69, 9.17) is 0 Å². The topological polar surface area (TPSA) is 15.8 Å². The van der Waals surface area contributed by atoms with Crippen molar-refractivity contribution in [1.82, 2.24) is 4.98 Å². The number of hydrogen-bond donors (Lipinski definition) is 1. The summed E-state index contributed by atoms with van der Waals surface area (Å²) in [5.41, 5.74) is 0. The van der Waals surface area contributed by atoms with E-state index < -0.39 is 0 Å². The van der Waals surface area contributed by atoms with Crippen LogP contribution >= 0.6 is 24.8 Å². The number of nitrogens with one attached hydrogen (secondary N) is 1. The van der Waals surface area contributed by atoms with Crippen LogP contribution in [0.25, 0.3) is 0 Å². The molecule has 0 bridgehead atoms. The molecule has 0 atom stereocenters. The van der Waals surface area contributed by atoms with E-state index in [0.717, 1.165) is 15.9 Å². The van der Waals surface area contributed by atoms with Gasteiger partial charge in [-0.25, -0.2) is 12.2 Å². The Hall–Kier alpha value is 0.271. The van der Waals surface area contributed by atoms with Gasteiger partial charge in [0.1, 0.15) is 0 Å². The van der Waals surface area contributed by atoms with Crippen LogP contribution in [0.1, 0.15) is 6.42 Å². The molecule has 0 amide bonds. The van der Waals surface area contributed by atoms with Crippen LogP contribution < -0.4 is 0 Å². The number of aromatic amines is 1. The van der Waals surface area contributed by atoms with Crippen molar-refractivity contribution >= 4 is 34.3 Å². The van der Waals surface area contributed by atoms with Crippen molar-refractivity contribution in [2.45, 2.75) is 19.5 Å². The Balaban J connectivity index is -0.0000000201. The first-order valence-electron chi connectivity index (χ1n) is 4.37. The fourth-order valence-corrected chi connectivity index (χ4v) is 0.581. The summed E-state index contributed by atoms with van der Waals surface area (Å²) < 4.78 is 0. The zero-order valence-corrected chi connectivity index (χ0v) is 16.9. The van der Waals surface area contributed by atoms with Crippen LogP contribution in [0.5, 0.6) is 0 Å². The third-order valence-electron chi connectivity index (χ3n) is 1.03. The maximum atomic E-state index is 2.99. The number of rotatable bonds is 0. The largest absolute Gasteiger partial charge is 0.484 e. The van der Waals surface area contributed by atoms with E-state index in [1.807, 2.05) is 30.5 Å². The molecule has 0 spiro atoms. The predicted molar refractivity (Wildman–Crippen MR) is 93.8 cm³/mol. The van der Waals surface area contributed by atoms with Crippen molar-refractivity contribution < 1.29 is 21.7 Å². The summed E-state index contributed by atoms with van der Waals surface area (Å²) in [5.74, 6) is 0. The van der Waals surface area contributed by atoms with Gasteiger partial charge in [-0.15, -0.1) is 37.4 Å². The predicted octanol–water partition coefficient (Wildman–Crippen LogP) is 4.83. The Morgan fingerprint density at radius 1 is 1.11 bits per heavy atom. The number of allylic oxidation sites excluding steroid dienone is 4. The molecular formula is C14H27Cl2NSiTi-5. The van der Waals surface area contributed by atoms with Gasteiger partial charge in [-0.3, -0.25) is 6.08 Å². The maximum absolute atomic E-state index is 2.99. The van der Waals surface area contributed by atoms with Crippen molar-refractivity contribution in [3.05, 3.63) is 71.1 Å². The summed E-state index contributed by atoms with van der Waals surface area (Å²) in [7, 11) is 0.750. The van der Waals surface area contributed by atoms with Gasteiger partial charge in [0, 0.05) is 31.2 Å². The summed E-state index contributed by atoms with van der Waals surface area (Å²) in [6.45, 7) is 4.42. The van der Waals surface area contributed by atoms with Gasteiger partial charge in [0.25, 0.3) is 0 Å². The monoisotopic (exact) mass is 355 g/mol. The molecule has 19 heavy (non-hydrogen) atoms. The molecular weight excluding hydrogens is 329 g/mol. The quantitative estimate of drug-likeness (QED) is 0.506. The van der Waals surface area contributed by atoms with Crippen LogP contribution in [0.2, 0.25) is 13.1 Å². The van der Waals surface area contributed by atoms with Crippen LogP contribution in [0, 0.1) is 34.6 Å². The average Bonchev–Trinajstić information content (AvgIpc) is 2.85. The van der Waals surface area contributed by atoms with E-state index in [2.05, 4.69) is 36.4 Å².